The van der Waals surface area contributed by atoms with Crippen molar-refractivity contribution in [2.24, 2.45) is 0 Å². The molecule has 1 heterocycles. The van der Waals surface area contributed by atoms with Crippen molar-refractivity contribution in [3.63, 3.8) is 0 Å². The van der Waals surface area contributed by atoms with Gasteiger partial charge in [-0.15, -0.1) is 74.6 Å². The number of halogens is 2. The second-order valence-corrected chi connectivity index (χ2v) is 21.9. The van der Waals surface area contributed by atoms with Crippen LogP contribution in [-0.2, 0) is 20.8 Å². The summed E-state index contributed by atoms with van der Waals surface area (Å²) in [7, 11) is 10.7. The molecule has 10 aromatic rings. The summed E-state index contributed by atoms with van der Waals surface area (Å²) in [5.74, 6) is 1.10. The fourth-order valence-electron chi connectivity index (χ4n) is 9.03. The van der Waals surface area contributed by atoms with Gasteiger partial charge < -0.3 is 0 Å². The quantitative estimate of drug-likeness (QED) is 0.105. The van der Waals surface area contributed by atoms with Crippen molar-refractivity contribution in [1.82, 2.24) is 0 Å². The fourth-order valence-corrected chi connectivity index (χ4v) is 10.3. The van der Waals surface area contributed by atoms with Gasteiger partial charge in [0.1, 0.15) is 0 Å². The van der Waals surface area contributed by atoms with E-state index in [0.717, 1.165) is 22.4 Å². The number of hydrogen-bond donors (Lipinski definition) is 0. The first-order valence-corrected chi connectivity index (χ1v) is 30.3. The molecular formula is C62H53Cl2SiZr-3. The SMILES string of the molecule is CCC(C)c1ccc2[cH-]c(-c3ccccc3)cc2c1-c1ccccc1.CCC(C)c1ccc2[cH-]c(-c3ccccc3)cc2c1-c1ccccc1.[Cl][Zr][Cl].[c-]1cccc2c1[Si]c1ccccc1-2. The van der Waals surface area contributed by atoms with Crippen LogP contribution in [0.4, 0.5) is 0 Å². The molecule has 0 amide bonds. The van der Waals surface area contributed by atoms with Crippen molar-refractivity contribution in [3.05, 3.63) is 230 Å². The molecule has 0 nitrogen and oxygen atoms in total. The summed E-state index contributed by atoms with van der Waals surface area (Å²) in [5, 5.41) is 8.20. The Kier molecular flexibility index (Phi) is 16.4. The molecule has 0 spiro atoms. The molecule has 0 bridgehead atoms. The first kappa shape index (κ1) is 47.2. The Bertz CT molecular complexity index is 2890. The summed E-state index contributed by atoms with van der Waals surface area (Å²) in [6.07, 6.45) is 2.30. The second-order valence-electron chi connectivity index (χ2n) is 16.8. The summed E-state index contributed by atoms with van der Waals surface area (Å²) in [6, 6.07) is 79.7. The first-order chi connectivity index (χ1) is 32.4. The zero-order valence-electron chi connectivity index (χ0n) is 38.0. The molecule has 11 rings (SSSR count). The van der Waals surface area contributed by atoms with Crippen molar-refractivity contribution >= 4 is 58.5 Å². The van der Waals surface area contributed by atoms with Crippen molar-refractivity contribution in [2.75, 3.05) is 0 Å². The molecule has 2 radical (unpaired) electrons. The Morgan fingerprint density at radius 2 is 0.879 bits per heavy atom. The summed E-state index contributed by atoms with van der Waals surface area (Å²) in [6.45, 7) is 9.19. The molecule has 0 saturated carbocycles. The summed E-state index contributed by atoms with van der Waals surface area (Å²) >= 11 is -0.826. The maximum atomic E-state index is 4.93. The average Bonchev–Trinajstić information content (AvgIpc) is 4.13. The molecule has 0 saturated heterocycles. The molecule has 1 aliphatic rings. The third-order valence-electron chi connectivity index (χ3n) is 12.8. The van der Waals surface area contributed by atoms with Crippen molar-refractivity contribution in [2.45, 2.75) is 52.4 Å². The minimum Gasteiger partial charge on any atom is -0.184 e. The smallest absolute Gasteiger partial charge is 0.0920 e. The van der Waals surface area contributed by atoms with Gasteiger partial charge in [-0.25, -0.2) is 0 Å². The van der Waals surface area contributed by atoms with Gasteiger partial charge in [0.2, 0.25) is 0 Å². The minimum atomic E-state index is -0.826. The standard InChI is InChI=1S/2C25H23.C12H7Si.2ClH.Zr/c2*1-3-18(2)23-15-14-21-16-22(19-10-6-4-7-11-19)17-24(21)25(23)20-12-8-5-9-13-20;1-3-7-11-9(5-1)10-6-2-4-8-12(10)13-11;;;/h2*4-18H,3H2,1-2H3;1-7H;2*1H;/q3*-1;;;+2/p-2. The van der Waals surface area contributed by atoms with E-state index in [1.807, 2.05) is 6.07 Å². The van der Waals surface area contributed by atoms with Crippen LogP contribution >= 0.6 is 17.0 Å². The van der Waals surface area contributed by atoms with Crippen LogP contribution < -0.4 is 10.4 Å². The van der Waals surface area contributed by atoms with E-state index in [4.69, 9.17) is 17.0 Å². The largest absolute Gasteiger partial charge is 0.184 e. The van der Waals surface area contributed by atoms with Crippen LogP contribution in [0.1, 0.15) is 63.5 Å². The van der Waals surface area contributed by atoms with Gasteiger partial charge in [0.25, 0.3) is 0 Å². The van der Waals surface area contributed by atoms with Crippen molar-refractivity contribution in [3.8, 4) is 55.6 Å². The predicted molar refractivity (Wildman–Crippen MR) is 286 cm³/mol. The Hall–Kier alpha value is -5.34. The molecule has 10 aromatic carbocycles. The Labute approximate surface area is 413 Å². The zero-order valence-corrected chi connectivity index (χ0v) is 43.0. The summed E-state index contributed by atoms with van der Waals surface area (Å²) in [4.78, 5) is 0. The fraction of sp³-hybridized carbons (Fsp3) is 0.129. The first-order valence-electron chi connectivity index (χ1n) is 22.9. The van der Waals surface area contributed by atoms with Crippen LogP contribution in [0.5, 0.6) is 0 Å². The summed E-state index contributed by atoms with van der Waals surface area (Å²) < 4.78 is 0. The zero-order chi connectivity index (χ0) is 45.8. The average molecular weight is 988 g/mol. The third kappa shape index (κ3) is 10.8. The van der Waals surface area contributed by atoms with Gasteiger partial charge in [-0.3, -0.25) is 0 Å². The molecule has 2 atom stereocenters. The van der Waals surface area contributed by atoms with E-state index >= 15 is 0 Å². The number of benzene rings is 8. The molecule has 0 N–H and O–H groups in total. The van der Waals surface area contributed by atoms with E-state index in [-0.39, 0.29) is 0 Å². The number of rotatable bonds is 8. The van der Waals surface area contributed by atoms with Gasteiger partial charge in [-0.2, -0.15) is 29.5 Å². The molecular weight excluding hydrogens is 935 g/mol. The Morgan fingerprint density at radius 1 is 0.485 bits per heavy atom. The van der Waals surface area contributed by atoms with E-state index in [1.165, 1.54) is 98.7 Å². The van der Waals surface area contributed by atoms with Crippen LogP contribution in [0.25, 0.3) is 77.2 Å². The van der Waals surface area contributed by atoms with Crippen molar-refractivity contribution in [1.29, 1.82) is 0 Å². The topological polar surface area (TPSA) is 0 Å². The normalized spacial score (nSPS) is 12.0. The van der Waals surface area contributed by atoms with Crippen LogP contribution in [0, 0.1) is 6.07 Å². The van der Waals surface area contributed by atoms with E-state index in [0.29, 0.717) is 11.8 Å². The molecule has 0 fully saturated rings. The number of hydrogen-bond acceptors (Lipinski definition) is 0. The van der Waals surface area contributed by atoms with Crippen LogP contribution in [0.15, 0.2) is 212 Å². The van der Waals surface area contributed by atoms with Crippen LogP contribution in [-0.4, -0.2) is 9.52 Å². The van der Waals surface area contributed by atoms with Crippen molar-refractivity contribution < 1.29 is 20.8 Å². The molecule has 0 aromatic heterocycles. The molecule has 2 unspecified atom stereocenters. The van der Waals surface area contributed by atoms with Gasteiger partial charge in [-0.1, -0.05) is 218 Å². The Morgan fingerprint density at radius 3 is 1.32 bits per heavy atom. The monoisotopic (exact) mass is 985 g/mol. The molecule has 0 aliphatic carbocycles. The maximum absolute atomic E-state index is 4.93. The molecule has 4 heteroatoms. The van der Waals surface area contributed by atoms with Gasteiger partial charge in [0.05, 0.1) is 9.52 Å². The van der Waals surface area contributed by atoms with E-state index < -0.39 is 20.8 Å². The van der Waals surface area contributed by atoms with Crippen LogP contribution in [0.2, 0.25) is 0 Å². The maximum Gasteiger partial charge on any atom is 0.0920 e. The van der Waals surface area contributed by atoms with Gasteiger partial charge >= 0.3 is 37.9 Å². The summed E-state index contributed by atoms with van der Waals surface area (Å²) in [5.41, 5.74) is 16.3. The number of fused-ring (bicyclic) bond motifs is 5. The van der Waals surface area contributed by atoms with E-state index in [9.17, 15) is 0 Å². The third-order valence-corrected chi connectivity index (χ3v) is 14.2. The van der Waals surface area contributed by atoms with Gasteiger partial charge in [0.15, 0.2) is 0 Å². The molecule has 1 aliphatic heterocycles. The van der Waals surface area contributed by atoms with Crippen LogP contribution in [0.3, 0.4) is 0 Å². The predicted octanol–water partition coefficient (Wildman–Crippen LogP) is 17.3. The van der Waals surface area contributed by atoms with Gasteiger partial charge in [0, 0.05) is 0 Å². The minimum absolute atomic E-state index is 0.551. The Balaban J connectivity index is 0.000000136. The van der Waals surface area contributed by atoms with E-state index in [1.54, 1.807) is 0 Å². The molecule has 326 valence electrons. The molecule has 66 heavy (non-hydrogen) atoms. The second kappa shape index (κ2) is 22.9. The van der Waals surface area contributed by atoms with E-state index in [2.05, 4.69) is 240 Å². The van der Waals surface area contributed by atoms with Gasteiger partial charge in [-0.05, 0) is 46.9 Å².